The summed E-state index contributed by atoms with van der Waals surface area (Å²) in [5.74, 6) is 0.354. The predicted molar refractivity (Wildman–Crippen MR) is 74.7 cm³/mol. The molecule has 1 saturated carbocycles. The summed E-state index contributed by atoms with van der Waals surface area (Å²) in [6.45, 7) is 2.37. The Labute approximate surface area is 116 Å². The van der Waals surface area contributed by atoms with Crippen molar-refractivity contribution in [1.29, 1.82) is 0 Å². The van der Waals surface area contributed by atoms with E-state index in [0.717, 1.165) is 19.3 Å². The first-order valence-corrected chi connectivity index (χ1v) is 6.81. The molecule has 8 nitrogen and oxygen atoms in total. The lowest BCUT2D eigenvalue weighted by Gasteiger charge is -2.28. The molecule has 0 radical (unpaired) electrons. The number of rotatable bonds is 5. The minimum Gasteiger partial charge on any atom is -0.391 e. The topological polar surface area (TPSA) is 113 Å². The zero-order valence-corrected chi connectivity index (χ0v) is 11.4. The Bertz CT molecular complexity index is 482. The third-order valence-corrected chi connectivity index (χ3v) is 3.40. The van der Waals surface area contributed by atoms with Crippen LogP contribution < -0.4 is 10.6 Å². The van der Waals surface area contributed by atoms with E-state index in [1.54, 1.807) is 0 Å². The number of nitro groups is 1. The van der Waals surface area contributed by atoms with Crippen LogP contribution in [0.25, 0.3) is 0 Å². The molecule has 0 amide bonds. The van der Waals surface area contributed by atoms with Crippen LogP contribution in [-0.4, -0.2) is 38.7 Å². The van der Waals surface area contributed by atoms with E-state index >= 15 is 0 Å². The number of nitrogens with one attached hydrogen (secondary N) is 2. The van der Waals surface area contributed by atoms with Gasteiger partial charge in [0, 0.05) is 6.54 Å². The highest BCUT2D eigenvalue weighted by Crippen LogP contribution is 2.31. The summed E-state index contributed by atoms with van der Waals surface area (Å²) >= 11 is 0. The second kappa shape index (κ2) is 6.47. The predicted octanol–water partition coefficient (Wildman–Crippen LogP) is 1.53. The Balaban J connectivity index is 2.26. The van der Waals surface area contributed by atoms with Crippen molar-refractivity contribution in [2.75, 3.05) is 17.2 Å². The highest BCUT2D eigenvalue weighted by Gasteiger charge is 2.28. The molecule has 2 unspecified atom stereocenters. The first kappa shape index (κ1) is 14.4. The van der Waals surface area contributed by atoms with Crippen molar-refractivity contribution in [3.8, 4) is 0 Å². The second-order valence-electron chi connectivity index (χ2n) is 4.81. The molecule has 110 valence electrons. The molecule has 1 aliphatic rings. The van der Waals surface area contributed by atoms with Crippen molar-refractivity contribution in [2.45, 2.75) is 44.8 Å². The van der Waals surface area contributed by atoms with Crippen molar-refractivity contribution in [1.82, 2.24) is 9.97 Å². The van der Waals surface area contributed by atoms with E-state index in [1.165, 1.54) is 6.33 Å². The molecular formula is C12H19N5O3. The van der Waals surface area contributed by atoms with Gasteiger partial charge in [-0.3, -0.25) is 10.1 Å². The maximum atomic E-state index is 11.2. The van der Waals surface area contributed by atoms with Gasteiger partial charge in [0.1, 0.15) is 6.33 Å². The first-order valence-electron chi connectivity index (χ1n) is 6.81. The lowest BCUT2D eigenvalue weighted by atomic mass is 9.92. The Kier molecular flexibility index (Phi) is 4.67. The van der Waals surface area contributed by atoms with Crippen molar-refractivity contribution >= 4 is 17.3 Å². The quantitative estimate of drug-likeness (QED) is 0.554. The standard InChI is InChI=1S/C12H19N5O3/c1-2-13-11-10(17(19)20)12(15-7-14-11)16-8-5-3-4-6-9(8)18/h7-9,18H,2-6H2,1H3,(H2,13,14,15,16). The smallest absolute Gasteiger partial charge is 0.353 e. The molecule has 8 heteroatoms. The molecule has 1 fully saturated rings. The van der Waals surface area contributed by atoms with Gasteiger partial charge in [0.15, 0.2) is 0 Å². The van der Waals surface area contributed by atoms with Gasteiger partial charge in [-0.1, -0.05) is 12.8 Å². The Morgan fingerprint density at radius 3 is 2.75 bits per heavy atom. The van der Waals surface area contributed by atoms with Gasteiger partial charge >= 0.3 is 5.69 Å². The number of hydrogen-bond donors (Lipinski definition) is 3. The van der Waals surface area contributed by atoms with E-state index in [1.807, 2.05) is 6.92 Å². The van der Waals surface area contributed by atoms with E-state index in [0.29, 0.717) is 13.0 Å². The summed E-state index contributed by atoms with van der Waals surface area (Å²) in [5.41, 5.74) is -0.174. The molecule has 2 atom stereocenters. The van der Waals surface area contributed by atoms with Crippen LogP contribution in [0.15, 0.2) is 6.33 Å². The fourth-order valence-corrected chi connectivity index (χ4v) is 2.41. The highest BCUT2D eigenvalue weighted by molar-refractivity contribution is 5.69. The Morgan fingerprint density at radius 2 is 2.10 bits per heavy atom. The van der Waals surface area contributed by atoms with Crippen LogP contribution in [0.4, 0.5) is 17.3 Å². The van der Waals surface area contributed by atoms with E-state index in [2.05, 4.69) is 20.6 Å². The normalized spacial score (nSPS) is 22.3. The van der Waals surface area contributed by atoms with Crippen LogP contribution in [0.3, 0.4) is 0 Å². The first-order chi connectivity index (χ1) is 9.63. The molecule has 0 saturated heterocycles. The van der Waals surface area contributed by atoms with Gasteiger partial charge in [-0.25, -0.2) is 9.97 Å². The van der Waals surface area contributed by atoms with Crippen molar-refractivity contribution in [3.05, 3.63) is 16.4 Å². The molecule has 1 aromatic rings. The van der Waals surface area contributed by atoms with Gasteiger partial charge in [0.2, 0.25) is 11.6 Å². The zero-order chi connectivity index (χ0) is 14.5. The largest absolute Gasteiger partial charge is 0.391 e. The number of aromatic nitrogens is 2. The van der Waals surface area contributed by atoms with Crippen LogP contribution in [-0.2, 0) is 0 Å². The second-order valence-corrected chi connectivity index (χ2v) is 4.81. The number of aliphatic hydroxyl groups excluding tert-OH is 1. The zero-order valence-electron chi connectivity index (χ0n) is 11.4. The summed E-state index contributed by atoms with van der Waals surface area (Å²) in [4.78, 5) is 18.6. The third-order valence-electron chi connectivity index (χ3n) is 3.40. The third kappa shape index (κ3) is 3.13. The van der Waals surface area contributed by atoms with Crippen LogP contribution >= 0.6 is 0 Å². The van der Waals surface area contributed by atoms with Gasteiger partial charge < -0.3 is 15.7 Å². The Morgan fingerprint density at radius 1 is 1.40 bits per heavy atom. The lowest BCUT2D eigenvalue weighted by Crippen LogP contribution is -2.36. The van der Waals surface area contributed by atoms with E-state index in [4.69, 9.17) is 0 Å². The van der Waals surface area contributed by atoms with Crippen molar-refractivity contribution in [3.63, 3.8) is 0 Å². The molecule has 2 rings (SSSR count). The minimum atomic E-state index is -0.504. The van der Waals surface area contributed by atoms with Gasteiger partial charge in [0.25, 0.3) is 0 Å². The average molecular weight is 281 g/mol. The van der Waals surface area contributed by atoms with Crippen molar-refractivity contribution < 1.29 is 10.0 Å². The van der Waals surface area contributed by atoms with Gasteiger partial charge in [-0.15, -0.1) is 0 Å². The molecule has 1 aromatic heterocycles. The van der Waals surface area contributed by atoms with Gasteiger partial charge in [-0.05, 0) is 19.8 Å². The summed E-state index contributed by atoms with van der Waals surface area (Å²) in [7, 11) is 0. The molecule has 20 heavy (non-hydrogen) atoms. The van der Waals surface area contributed by atoms with Crippen LogP contribution in [0.1, 0.15) is 32.6 Å². The van der Waals surface area contributed by atoms with E-state index in [9.17, 15) is 15.2 Å². The molecule has 1 heterocycles. The molecule has 0 spiro atoms. The fraction of sp³-hybridized carbons (Fsp3) is 0.667. The molecule has 0 bridgehead atoms. The summed E-state index contributed by atoms with van der Waals surface area (Å²) in [5, 5.41) is 27.0. The number of hydrogen-bond acceptors (Lipinski definition) is 7. The SMILES string of the molecule is CCNc1ncnc(NC2CCCCC2O)c1[N+](=O)[O-]. The highest BCUT2D eigenvalue weighted by atomic mass is 16.6. The van der Waals surface area contributed by atoms with Crippen LogP contribution in [0.5, 0.6) is 0 Å². The fourth-order valence-electron chi connectivity index (χ4n) is 2.41. The van der Waals surface area contributed by atoms with E-state index < -0.39 is 11.0 Å². The maximum Gasteiger partial charge on any atom is 0.353 e. The lowest BCUT2D eigenvalue weighted by molar-refractivity contribution is -0.383. The number of anilines is 2. The average Bonchev–Trinajstić information content (AvgIpc) is 2.41. The van der Waals surface area contributed by atoms with Gasteiger partial charge in [0.05, 0.1) is 17.1 Å². The number of nitrogens with zero attached hydrogens (tertiary/aromatic N) is 3. The Hall–Kier alpha value is -1.96. The van der Waals surface area contributed by atoms with Gasteiger partial charge in [-0.2, -0.15) is 0 Å². The molecule has 0 aliphatic heterocycles. The van der Waals surface area contributed by atoms with Crippen LogP contribution in [0, 0.1) is 10.1 Å². The van der Waals surface area contributed by atoms with E-state index in [-0.39, 0.29) is 23.4 Å². The summed E-state index contributed by atoms with van der Waals surface area (Å²) in [6, 6.07) is -0.202. The molecule has 3 N–H and O–H groups in total. The number of aliphatic hydroxyl groups is 1. The molecule has 1 aliphatic carbocycles. The van der Waals surface area contributed by atoms with Crippen LogP contribution in [0.2, 0.25) is 0 Å². The summed E-state index contributed by atoms with van der Waals surface area (Å²) in [6.07, 6.45) is 4.24. The molecule has 0 aromatic carbocycles. The van der Waals surface area contributed by atoms with Crippen molar-refractivity contribution in [2.24, 2.45) is 0 Å². The minimum absolute atomic E-state index is 0.159. The summed E-state index contributed by atoms with van der Waals surface area (Å²) < 4.78 is 0. The maximum absolute atomic E-state index is 11.2. The molecular weight excluding hydrogens is 262 g/mol. The monoisotopic (exact) mass is 281 g/mol.